The number of amides is 1. The quantitative estimate of drug-likeness (QED) is 0.866. The summed E-state index contributed by atoms with van der Waals surface area (Å²) >= 11 is 5.92. The van der Waals surface area contributed by atoms with Gasteiger partial charge < -0.3 is 10.1 Å². The molecule has 2 rings (SSSR count). The van der Waals surface area contributed by atoms with Crippen molar-refractivity contribution >= 4 is 23.2 Å². The first kappa shape index (κ1) is 16.4. The molecule has 0 aliphatic heterocycles. The number of carbonyl (C=O) groups excluding carboxylic acids is 1. The fraction of sp³-hybridized carbons (Fsp3) is 0.278. The summed E-state index contributed by atoms with van der Waals surface area (Å²) in [4.78, 5) is 12.7. The third-order valence-electron chi connectivity index (χ3n) is 3.52. The van der Waals surface area contributed by atoms with E-state index in [1.165, 1.54) is 0 Å². The molecule has 3 nitrogen and oxygen atoms in total. The highest BCUT2D eigenvalue weighted by Gasteiger charge is 2.24. The van der Waals surface area contributed by atoms with E-state index in [0.717, 1.165) is 11.3 Å². The second-order valence-corrected chi connectivity index (χ2v) is 5.93. The Morgan fingerprint density at radius 1 is 1.14 bits per heavy atom. The first-order valence-corrected chi connectivity index (χ1v) is 7.59. The Bertz CT molecular complexity index is 638. The molecule has 0 unspecified atom stereocenters. The molecule has 0 saturated carbocycles. The maximum absolute atomic E-state index is 12.7. The molecule has 0 aliphatic carbocycles. The van der Waals surface area contributed by atoms with Gasteiger partial charge in [0.25, 0.3) is 0 Å². The number of hydrogen-bond donors (Lipinski definition) is 1. The number of halogens is 1. The molecule has 0 spiro atoms. The minimum Gasteiger partial charge on any atom is -0.497 e. The Hall–Kier alpha value is -2.00. The number of rotatable bonds is 5. The van der Waals surface area contributed by atoms with Crippen LogP contribution in [0.4, 0.5) is 5.69 Å². The van der Waals surface area contributed by atoms with Gasteiger partial charge in [-0.2, -0.15) is 0 Å². The number of benzene rings is 2. The summed E-state index contributed by atoms with van der Waals surface area (Å²) in [5, 5.41) is 3.63. The molecule has 0 radical (unpaired) electrons. The second kappa shape index (κ2) is 7.32. The average molecular weight is 318 g/mol. The van der Waals surface area contributed by atoms with E-state index in [4.69, 9.17) is 16.3 Å². The second-order valence-electron chi connectivity index (χ2n) is 5.49. The van der Waals surface area contributed by atoms with E-state index in [-0.39, 0.29) is 17.7 Å². The predicted octanol–water partition coefficient (Wildman–Crippen LogP) is 4.73. The fourth-order valence-corrected chi connectivity index (χ4v) is 2.56. The van der Waals surface area contributed by atoms with Crippen LogP contribution in [-0.4, -0.2) is 13.0 Å². The van der Waals surface area contributed by atoms with Gasteiger partial charge in [0.1, 0.15) is 5.75 Å². The van der Waals surface area contributed by atoms with Crippen molar-refractivity contribution in [3.63, 3.8) is 0 Å². The molecule has 2 aromatic carbocycles. The lowest BCUT2D eigenvalue weighted by Crippen LogP contribution is -2.25. The van der Waals surface area contributed by atoms with Gasteiger partial charge in [0.15, 0.2) is 0 Å². The smallest absolute Gasteiger partial charge is 0.232 e. The van der Waals surface area contributed by atoms with E-state index in [0.29, 0.717) is 10.8 Å². The zero-order valence-corrected chi connectivity index (χ0v) is 13.7. The van der Waals surface area contributed by atoms with E-state index >= 15 is 0 Å². The molecular formula is C18H20ClNO2. The lowest BCUT2D eigenvalue weighted by Gasteiger charge is -2.21. The van der Waals surface area contributed by atoms with Crippen LogP contribution in [0.2, 0.25) is 5.02 Å². The predicted molar refractivity (Wildman–Crippen MR) is 90.7 cm³/mol. The van der Waals surface area contributed by atoms with Crippen molar-refractivity contribution in [2.75, 3.05) is 12.4 Å². The molecule has 2 aromatic rings. The summed E-state index contributed by atoms with van der Waals surface area (Å²) in [5.41, 5.74) is 1.68. The average Bonchev–Trinajstić information content (AvgIpc) is 2.49. The van der Waals surface area contributed by atoms with Crippen molar-refractivity contribution in [3.8, 4) is 5.75 Å². The minimum atomic E-state index is -0.233. The lowest BCUT2D eigenvalue weighted by atomic mass is 9.87. The Labute approximate surface area is 136 Å². The molecule has 0 saturated heterocycles. The molecule has 0 fully saturated rings. The van der Waals surface area contributed by atoms with Crippen molar-refractivity contribution < 1.29 is 9.53 Å². The van der Waals surface area contributed by atoms with Crippen LogP contribution in [0.25, 0.3) is 0 Å². The van der Waals surface area contributed by atoms with Gasteiger partial charge in [-0.3, -0.25) is 4.79 Å². The van der Waals surface area contributed by atoms with Gasteiger partial charge in [-0.25, -0.2) is 0 Å². The molecule has 0 aromatic heterocycles. The number of methoxy groups -OCH3 is 1. The highest BCUT2D eigenvalue weighted by Crippen LogP contribution is 2.28. The van der Waals surface area contributed by atoms with E-state index in [1.807, 2.05) is 56.3 Å². The third kappa shape index (κ3) is 4.01. The Kier molecular flexibility index (Phi) is 5.45. The van der Waals surface area contributed by atoms with Crippen LogP contribution < -0.4 is 10.1 Å². The zero-order chi connectivity index (χ0) is 16.1. The molecule has 1 amide bonds. The highest BCUT2D eigenvalue weighted by molar-refractivity contribution is 6.30. The summed E-state index contributed by atoms with van der Waals surface area (Å²) in [7, 11) is 1.60. The molecule has 1 atom stereocenters. The van der Waals surface area contributed by atoms with Crippen LogP contribution in [0, 0.1) is 5.92 Å². The topological polar surface area (TPSA) is 38.3 Å². The van der Waals surface area contributed by atoms with Crippen molar-refractivity contribution in [2.45, 2.75) is 19.8 Å². The third-order valence-corrected chi connectivity index (χ3v) is 3.77. The molecule has 22 heavy (non-hydrogen) atoms. The van der Waals surface area contributed by atoms with E-state index in [2.05, 4.69) is 5.32 Å². The lowest BCUT2D eigenvalue weighted by molar-refractivity contribution is -0.118. The highest BCUT2D eigenvalue weighted by atomic mass is 35.5. The van der Waals surface area contributed by atoms with Gasteiger partial charge in [0.2, 0.25) is 5.91 Å². The van der Waals surface area contributed by atoms with Gasteiger partial charge >= 0.3 is 0 Å². The van der Waals surface area contributed by atoms with Crippen LogP contribution in [0.1, 0.15) is 25.3 Å². The van der Waals surface area contributed by atoms with Gasteiger partial charge in [-0.15, -0.1) is 0 Å². The van der Waals surface area contributed by atoms with Crippen LogP contribution in [-0.2, 0) is 4.79 Å². The van der Waals surface area contributed by atoms with Gasteiger partial charge in [0, 0.05) is 16.8 Å². The normalized spacial score (nSPS) is 12.0. The fourth-order valence-electron chi connectivity index (χ4n) is 2.43. The first-order valence-electron chi connectivity index (χ1n) is 7.21. The Morgan fingerprint density at radius 2 is 1.82 bits per heavy atom. The van der Waals surface area contributed by atoms with Crippen molar-refractivity contribution in [1.29, 1.82) is 0 Å². The largest absolute Gasteiger partial charge is 0.497 e. The van der Waals surface area contributed by atoms with Crippen molar-refractivity contribution in [2.24, 2.45) is 5.92 Å². The maximum atomic E-state index is 12.7. The van der Waals surface area contributed by atoms with Crippen molar-refractivity contribution in [3.05, 3.63) is 59.1 Å². The van der Waals surface area contributed by atoms with Crippen LogP contribution in [0.15, 0.2) is 48.5 Å². The number of carbonyl (C=O) groups is 1. The Balaban J connectivity index is 2.21. The Morgan fingerprint density at radius 3 is 2.41 bits per heavy atom. The number of nitrogens with one attached hydrogen (secondary N) is 1. The molecule has 116 valence electrons. The summed E-state index contributed by atoms with van der Waals surface area (Å²) in [6, 6.07) is 14.8. The number of hydrogen-bond acceptors (Lipinski definition) is 2. The maximum Gasteiger partial charge on any atom is 0.232 e. The molecule has 0 heterocycles. The number of ether oxygens (including phenoxy) is 1. The van der Waals surface area contributed by atoms with Gasteiger partial charge in [-0.1, -0.05) is 43.6 Å². The molecule has 0 aliphatic rings. The van der Waals surface area contributed by atoms with Crippen LogP contribution >= 0.6 is 11.6 Å². The summed E-state index contributed by atoms with van der Waals surface area (Å²) in [6.07, 6.45) is 0. The van der Waals surface area contributed by atoms with Gasteiger partial charge in [0.05, 0.1) is 13.0 Å². The summed E-state index contributed by atoms with van der Waals surface area (Å²) < 4.78 is 5.18. The standard InChI is InChI=1S/C18H20ClNO2/c1-12(2)17(13-7-9-14(19)10-8-13)18(21)20-15-5-4-6-16(11-15)22-3/h4-12,17H,1-3H3,(H,20,21)/t17-/m0/s1. The SMILES string of the molecule is COc1cccc(NC(=O)[C@H](c2ccc(Cl)cc2)C(C)C)c1. The van der Waals surface area contributed by atoms with Crippen LogP contribution in [0.3, 0.4) is 0 Å². The zero-order valence-electron chi connectivity index (χ0n) is 13.0. The monoisotopic (exact) mass is 317 g/mol. The van der Waals surface area contributed by atoms with E-state index in [9.17, 15) is 4.79 Å². The van der Waals surface area contributed by atoms with Crippen LogP contribution in [0.5, 0.6) is 5.75 Å². The number of anilines is 1. The molecular weight excluding hydrogens is 298 g/mol. The minimum absolute atomic E-state index is 0.0365. The van der Waals surface area contributed by atoms with E-state index in [1.54, 1.807) is 13.2 Å². The summed E-state index contributed by atoms with van der Waals surface area (Å²) in [6.45, 7) is 4.06. The molecule has 0 bridgehead atoms. The summed E-state index contributed by atoms with van der Waals surface area (Å²) in [5.74, 6) is 0.617. The molecule has 1 N–H and O–H groups in total. The first-order chi connectivity index (χ1) is 10.5. The molecule has 4 heteroatoms. The van der Waals surface area contributed by atoms with Gasteiger partial charge in [-0.05, 0) is 35.7 Å². The van der Waals surface area contributed by atoms with E-state index < -0.39 is 0 Å². The van der Waals surface area contributed by atoms with Crippen molar-refractivity contribution in [1.82, 2.24) is 0 Å².